The van der Waals surface area contributed by atoms with Crippen LogP contribution in [0.4, 0.5) is 5.95 Å². The number of hydrogen-bond donors (Lipinski definition) is 1. The van der Waals surface area contributed by atoms with E-state index in [1.54, 1.807) is 11.7 Å². The normalized spacial score (nSPS) is 10.7. The summed E-state index contributed by atoms with van der Waals surface area (Å²) in [6.45, 7) is 4.68. The van der Waals surface area contributed by atoms with Gasteiger partial charge in [0.2, 0.25) is 5.95 Å². The smallest absolute Gasteiger partial charge is 0.242 e. The lowest BCUT2D eigenvalue weighted by Gasteiger charge is -2.11. The molecule has 96 valence electrons. The maximum Gasteiger partial charge on any atom is 0.242 e. The van der Waals surface area contributed by atoms with E-state index in [1.807, 2.05) is 38.1 Å². The molecule has 0 amide bonds. The average molecular weight is 247 g/mol. The van der Waals surface area contributed by atoms with Crippen LogP contribution in [-0.4, -0.2) is 26.3 Å². The third-order valence-electron chi connectivity index (χ3n) is 2.34. The fourth-order valence-corrected chi connectivity index (χ4v) is 1.56. The molecule has 0 aliphatic heterocycles. The number of anilines is 1. The molecule has 0 unspecified atom stereocenters. The van der Waals surface area contributed by atoms with Gasteiger partial charge in [-0.05, 0) is 42.0 Å². The summed E-state index contributed by atoms with van der Waals surface area (Å²) in [6.07, 6.45) is 0.177. The highest BCUT2D eigenvalue weighted by Gasteiger charge is 2.02. The Balaban J connectivity index is 1.99. The first-order valence-corrected chi connectivity index (χ1v) is 5.87. The van der Waals surface area contributed by atoms with E-state index in [0.717, 1.165) is 11.3 Å². The molecule has 2 aromatic rings. The van der Waals surface area contributed by atoms with Crippen molar-refractivity contribution in [1.82, 2.24) is 20.2 Å². The summed E-state index contributed by atoms with van der Waals surface area (Å²) in [7, 11) is 1.79. The molecule has 0 spiro atoms. The number of aryl methyl sites for hydroxylation is 1. The third kappa shape index (κ3) is 3.19. The molecule has 0 aliphatic carbocycles. The van der Waals surface area contributed by atoms with Crippen molar-refractivity contribution in [3.8, 4) is 5.75 Å². The van der Waals surface area contributed by atoms with E-state index in [9.17, 15) is 0 Å². The monoisotopic (exact) mass is 247 g/mol. The summed E-state index contributed by atoms with van der Waals surface area (Å²) >= 11 is 0. The van der Waals surface area contributed by atoms with Crippen molar-refractivity contribution in [2.24, 2.45) is 7.05 Å². The number of nitrogens with zero attached hydrogens (tertiary/aromatic N) is 4. The van der Waals surface area contributed by atoms with E-state index in [-0.39, 0.29) is 6.10 Å². The Morgan fingerprint density at radius 3 is 2.89 bits per heavy atom. The average Bonchev–Trinajstić information content (AvgIpc) is 2.72. The first-order chi connectivity index (χ1) is 8.65. The van der Waals surface area contributed by atoms with Crippen molar-refractivity contribution in [3.05, 3.63) is 29.8 Å². The van der Waals surface area contributed by atoms with Gasteiger partial charge in [-0.3, -0.25) is 0 Å². The fourth-order valence-electron chi connectivity index (χ4n) is 1.56. The van der Waals surface area contributed by atoms with Gasteiger partial charge in [-0.25, -0.2) is 4.68 Å². The third-order valence-corrected chi connectivity index (χ3v) is 2.34. The number of hydrogen-bond acceptors (Lipinski definition) is 5. The van der Waals surface area contributed by atoms with Gasteiger partial charge >= 0.3 is 0 Å². The van der Waals surface area contributed by atoms with Gasteiger partial charge in [-0.2, -0.15) is 0 Å². The van der Waals surface area contributed by atoms with E-state index in [4.69, 9.17) is 4.74 Å². The topological polar surface area (TPSA) is 64.9 Å². The zero-order valence-electron chi connectivity index (χ0n) is 10.8. The Bertz CT molecular complexity index is 509. The minimum Gasteiger partial charge on any atom is -0.491 e. The van der Waals surface area contributed by atoms with Crippen molar-refractivity contribution < 1.29 is 4.74 Å². The minimum absolute atomic E-state index is 0.177. The molecule has 18 heavy (non-hydrogen) atoms. The molecular weight excluding hydrogens is 230 g/mol. The number of rotatable bonds is 5. The van der Waals surface area contributed by atoms with Gasteiger partial charge in [-0.1, -0.05) is 17.2 Å². The van der Waals surface area contributed by atoms with Crippen molar-refractivity contribution in [3.63, 3.8) is 0 Å². The molecule has 0 radical (unpaired) electrons. The summed E-state index contributed by atoms with van der Waals surface area (Å²) < 4.78 is 7.23. The summed E-state index contributed by atoms with van der Waals surface area (Å²) in [5, 5.41) is 14.3. The van der Waals surface area contributed by atoms with Crippen molar-refractivity contribution in [2.45, 2.75) is 26.5 Å². The predicted molar refractivity (Wildman–Crippen MR) is 68.3 cm³/mol. The molecule has 0 saturated heterocycles. The van der Waals surface area contributed by atoms with Gasteiger partial charge in [-0.15, -0.1) is 0 Å². The Labute approximate surface area is 106 Å². The number of aromatic nitrogens is 4. The van der Waals surface area contributed by atoms with Gasteiger partial charge < -0.3 is 10.1 Å². The predicted octanol–water partition coefficient (Wildman–Crippen LogP) is 1.61. The molecule has 0 fully saturated rings. The van der Waals surface area contributed by atoms with Crippen molar-refractivity contribution in [2.75, 3.05) is 5.32 Å². The van der Waals surface area contributed by atoms with Crippen LogP contribution in [0.25, 0.3) is 0 Å². The van der Waals surface area contributed by atoms with Gasteiger partial charge in [0.15, 0.2) is 0 Å². The zero-order chi connectivity index (χ0) is 13.0. The van der Waals surface area contributed by atoms with Crippen LogP contribution in [-0.2, 0) is 13.6 Å². The maximum absolute atomic E-state index is 5.64. The lowest BCUT2D eigenvalue weighted by Crippen LogP contribution is -2.07. The van der Waals surface area contributed by atoms with Gasteiger partial charge in [0.1, 0.15) is 5.75 Å². The van der Waals surface area contributed by atoms with Crippen LogP contribution in [0.15, 0.2) is 24.3 Å². The maximum atomic E-state index is 5.64. The first kappa shape index (κ1) is 12.3. The zero-order valence-corrected chi connectivity index (χ0v) is 10.8. The molecule has 1 N–H and O–H groups in total. The minimum atomic E-state index is 0.177. The van der Waals surface area contributed by atoms with Crippen LogP contribution >= 0.6 is 0 Å². The van der Waals surface area contributed by atoms with Crippen LogP contribution in [0, 0.1) is 0 Å². The molecule has 6 nitrogen and oxygen atoms in total. The molecule has 0 bridgehead atoms. The molecule has 0 saturated carbocycles. The second kappa shape index (κ2) is 5.48. The summed E-state index contributed by atoms with van der Waals surface area (Å²) in [5.74, 6) is 1.52. The molecule has 1 aromatic carbocycles. The van der Waals surface area contributed by atoms with Crippen molar-refractivity contribution >= 4 is 5.95 Å². The second-order valence-electron chi connectivity index (χ2n) is 4.29. The van der Waals surface area contributed by atoms with Crippen LogP contribution < -0.4 is 10.1 Å². The molecule has 0 aliphatic rings. The quantitative estimate of drug-likeness (QED) is 0.869. The Hall–Kier alpha value is -2.11. The lowest BCUT2D eigenvalue weighted by atomic mass is 10.2. The van der Waals surface area contributed by atoms with Crippen LogP contribution in [0.1, 0.15) is 19.4 Å². The molecule has 6 heteroatoms. The van der Waals surface area contributed by atoms with E-state index in [2.05, 4.69) is 20.8 Å². The SMILES string of the molecule is CC(C)Oc1cccc(CNc2nnnn2C)c1. The fraction of sp³-hybridized carbons (Fsp3) is 0.417. The number of nitrogens with one attached hydrogen (secondary N) is 1. The molecule has 2 rings (SSSR count). The molecule has 1 heterocycles. The van der Waals surface area contributed by atoms with Gasteiger partial charge in [0.05, 0.1) is 6.10 Å². The van der Waals surface area contributed by atoms with Crippen molar-refractivity contribution in [1.29, 1.82) is 0 Å². The van der Waals surface area contributed by atoms with Gasteiger partial charge in [0.25, 0.3) is 0 Å². The second-order valence-corrected chi connectivity index (χ2v) is 4.29. The number of benzene rings is 1. The summed E-state index contributed by atoms with van der Waals surface area (Å²) in [6, 6.07) is 7.97. The number of ether oxygens (including phenoxy) is 1. The summed E-state index contributed by atoms with van der Waals surface area (Å²) in [4.78, 5) is 0. The van der Waals surface area contributed by atoms with Crippen LogP contribution in [0.5, 0.6) is 5.75 Å². The molecule has 0 atom stereocenters. The standard InChI is InChI=1S/C12H17N5O/c1-9(2)18-11-6-4-5-10(7-11)8-13-12-14-15-16-17(12)3/h4-7,9H,8H2,1-3H3,(H,13,14,16). The van der Waals surface area contributed by atoms with Crippen LogP contribution in [0.2, 0.25) is 0 Å². The number of tetrazole rings is 1. The van der Waals surface area contributed by atoms with E-state index < -0.39 is 0 Å². The Morgan fingerprint density at radius 1 is 1.39 bits per heavy atom. The van der Waals surface area contributed by atoms with Crippen LogP contribution in [0.3, 0.4) is 0 Å². The highest BCUT2D eigenvalue weighted by atomic mass is 16.5. The highest BCUT2D eigenvalue weighted by Crippen LogP contribution is 2.15. The van der Waals surface area contributed by atoms with Gasteiger partial charge in [0, 0.05) is 13.6 Å². The molecule has 1 aromatic heterocycles. The summed E-state index contributed by atoms with van der Waals surface area (Å²) in [5.41, 5.74) is 1.12. The highest BCUT2D eigenvalue weighted by molar-refractivity contribution is 5.32. The Morgan fingerprint density at radius 2 is 2.22 bits per heavy atom. The Kier molecular flexibility index (Phi) is 3.76. The van der Waals surface area contributed by atoms with E-state index >= 15 is 0 Å². The molecular formula is C12H17N5O. The van der Waals surface area contributed by atoms with E-state index in [1.165, 1.54) is 0 Å². The largest absolute Gasteiger partial charge is 0.491 e. The van der Waals surface area contributed by atoms with E-state index in [0.29, 0.717) is 12.5 Å². The first-order valence-electron chi connectivity index (χ1n) is 5.87. The lowest BCUT2D eigenvalue weighted by molar-refractivity contribution is 0.242.